The minimum absolute atomic E-state index is 0.0124. The highest BCUT2D eigenvalue weighted by Gasteiger charge is 2.49. The fourth-order valence-electron chi connectivity index (χ4n) is 2.03. The molecule has 22 heavy (non-hydrogen) atoms. The predicted octanol–water partition coefficient (Wildman–Crippen LogP) is 2.75. The van der Waals surface area contributed by atoms with Gasteiger partial charge in [0.2, 0.25) is 12.9 Å². The van der Waals surface area contributed by atoms with Crippen molar-refractivity contribution in [1.82, 2.24) is 0 Å². The monoisotopic (exact) mass is 337 g/mol. The third kappa shape index (κ3) is 3.34. The largest absolute Gasteiger partial charge is 0.475 e. The van der Waals surface area contributed by atoms with Gasteiger partial charge in [0.25, 0.3) is 0 Å². The van der Waals surface area contributed by atoms with Gasteiger partial charge in [-0.25, -0.2) is 10.7 Å². The molecule has 1 aromatic carbocycles. The summed E-state index contributed by atoms with van der Waals surface area (Å²) in [6.45, 7) is 0.875. The van der Waals surface area contributed by atoms with Gasteiger partial charge >= 0.3 is 12.1 Å². The Balaban J connectivity index is 2.49. The summed E-state index contributed by atoms with van der Waals surface area (Å²) in [4.78, 5) is 15.8. The molecule has 2 rings (SSSR count). The normalized spacial score (nSPS) is 17.4. The molecule has 1 heterocycles. The molecule has 0 saturated heterocycles. The van der Waals surface area contributed by atoms with Gasteiger partial charge in [0.1, 0.15) is 5.75 Å². The molecule has 0 spiro atoms. The molecule has 0 fully saturated rings. The van der Waals surface area contributed by atoms with Crippen LogP contribution in [-0.4, -0.2) is 25.0 Å². The zero-order chi connectivity index (χ0) is 16.5. The lowest BCUT2D eigenvalue weighted by Crippen LogP contribution is -2.41. The zero-order valence-electron chi connectivity index (χ0n) is 11.2. The Kier molecular flexibility index (Phi) is 4.64. The SMILES string of the molecule is Cc1cc(Cl)cc2c1OC(C(F)(F)F)C(C(=O)OCON)=C2. The molecule has 0 radical (unpaired) electrons. The summed E-state index contributed by atoms with van der Waals surface area (Å²) in [7, 11) is 0. The molecule has 0 bridgehead atoms. The second-order valence-corrected chi connectivity index (χ2v) is 4.93. The second kappa shape index (κ2) is 6.15. The molecule has 9 heteroatoms. The first-order chi connectivity index (χ1) is 10.2. The summed E-state index contributed by atoms with van der Waals surface area (Å²) in [5, 5.41) is 0.305. The van der Waals surface area contributed by atoms with Crippen molar-refractivity contribution in [2.45, 2.75) is 19.2 Å². The number of carbonyl (C=O) groups is 1. The Hall–Kier alpha value is -1.77. The van der Waals surface area contributed by atoms with Crippen molar-refractivity contribution >= 4 is 23.6 Å². The summed E-state index contributed by atoms with van der Waals surface area (Å²) in [5.74, 6) is 3.45. The molecular weight excluding hydrogens is 327 g/mol. The Morgan fingerprint density at radius 1 is 1.45 bits per heavy atom. The van der Waals surface area contributed by atoms with Crippen molar-refractivity contribution in [2.75, 3.05) is 6.79 Å². The van der Waals surface area contributed by atoms with E-state index in [0.29, 0.717) is 10.6 Å². The van der Waals surface area contributed by atoms with E-state index in [0.717, 1.165) is 6.08 Å². The molecule has 1 aliphatic heterocycles. The molecule has 1 aromatic rings. The number of aryl methyl sites for hydroxylation is 1. The summed E-state index contributed by atoms with van der Waals surface area (Å²) in [6, 6.07) is 2.86. The maximum absolute atomic E-state index is 13.1. The van der Waals surface area contributed by atoms with E-state index in [2.05, 4.69) is 15.5 Å². The molecule has 2 N–H and O–H groups in total. The van der Waals surface area contributed by atoms with Crippen LogP contribution < -0.4 is 10.6 Å². The van der Waals surface area contributed by atoms with Gasteiger partial charge < -0.3 is 9.47 Å². The highest BCUT2D eigenvalue weighted by atomic mass is 35.5. The predicted molar refractivity (Wildman–Crippen MR) is 70.9 cm³/mol. The Bertz CT molecular complexity index is 630. The number of benzene rings is 1. The van der Waals surface area contributed by atoms with E-state index in [-0.39, 0.29) is 11.3 Å². The van der Waals surface area contributed by atoms with Crippen LogP contribution in [0.4, 0.5) is 13.2 Å². The van der Waals surface area contributed by atoms with Gasteiger partial charge in [-0.2, -0.15) is 13.2 Å². The lowest BCUT2D eigenvalue weighted by molar-refractivity contribution is -0.190. The molecule has 5 nitrogen and oxygen atoms in total. The molecule has 0 saturated carbocycles. The summed E-state index contributed by atoms with van der Waals surface area (Å²) >= 11 is 5.86. The van der Waals surface area contributed by atoms with Crippen LogP contribution in [-0.2, 0) is 14.4 Å². The standard InChI is InChI=1S/C13H11ClF3NO4/c1-6-2-8(14)3-7-4-9(12(19)20-5-21-18)11(13(15,16)17)22-10(6)7/h2-4,11H,5,18H2,1H3. The maximum atomic E-state index is 13.1. The summed E-state index contributed by atoms with van der Waals surface area (Å²) in [6.07, 6.45) is -6.20. The Morgan fingerprint density at radius 2 is 2.14 bits per heavy atom. The first-order valence-electron chi connectivity index (χ1n) is 5.98. The summed E-state index contributed by atoms with van der Waals surface area (Å²) < 4.78 is 48.8. The number of rotatable bonds is 3. The van der Waals surface area contributed by atoms with Crippen LogP contribution >= 0.6 is 11.6 Å². The number of alkyl halides is 3. The van der Waals surface area contributed by atoms with Crippen molar-refractivity contribution in [2.24, 2.45) is 5.90 Å². The molecular formula is C13H11ClF3NO4. The van der Waals surface area contributed by atoms with Crippen molar-refractivity contribution in [3.63, 3.8) is 0 Å². The van der Waals surface area contributed by atoms with Crippen LogP contribution in [0.2, 0.25) is 5.02 Å². The van der Waals surface area contributed by atoms with Gasteiger partial charge in [0.15, 0.2) is 0 Å². The number of nitrogens with two attached hydrogens (primary N) is 1. The molecule has 1 aliphatic rings. The van der Waals surface area contributed by atoms with E-state index in [1.807, 2.05) is 0 Å². The molecule has 1 unspecified atom stereocenters. The lowest BCUT2D eigenvalue weighted by atomic mass is 9.99. The quantitative estimate of drug-likeness (QED) is 0.522. The first-order valence-corrected chi connectivity index (χ1v) is 6.35. The molecule has 120 valence electrons. The van der Waals surface area contributed by atoms with Crippen molar-refractivity contribution in [1.29, 1.82) is 0 Å². The van der Waals surface area contributed by atoms with Gasteiger partial charge in [-0.05, 0) is 30.7 Å². The number of fused-ring (bicyclic) bond motifs is 1. The Morgan fingerprint density at radius 3 is 2.73 bits per heavy atom. The topological polar surface area (TPSA) is 70.8 Å². The smallest absolute Gasteiger partial charge is 0.430 e. The first kappa shape index (κ1) is 16.6. The average molecular weight is 338 g/mol. The average Bonchev–Trinajstić information content (AvgIpc) is 2.42. The van der Waals surface area contributed by atoms with Gasteiger partial charge in [-0.3, -0.25) is 4.84 Å². The second-order valence-electron chi connectivity index (χ2n) is 4.50. The van der Waals surface area contributed by atoms with Crippen LogP contribution in [0.3, 0.4) is 0 Å². The van der Waals surface area contributed by atoms with E-state index in [4.69, 9.17) is 16.3 Å². The molecule has 0 aromatic heterocycles. The lowest BCUT2D eigenvalue weighted by Gasteiger charge is -2.28. The minimum atomic E-state index is -4.79. The highest BCUT2D eigenvalue weighted by Crippen LogP contribution is 2.40. The van der Waals surface area contributed by atoms with E-state index >= 15 is 0 Å². The maximum Gasteiger partial charge on any atom is 0.430 e. The third-order valence-corrected chi connectivity index (χ3v) is 3.11. The highest BCUT2D eigenvalue weighted by molar-refractivity contribution is 6.30. The van der Waals surface area contributed by atoms with Crippen LogP contribution in [0.25, 0.3) is 6.08 Å². The minimum Gasteiger partial charge on any atom is -0.475 e. The van der Waals surface area contributed by atoms with E-state index in [1.165, 1.54) is 12.1 Å². The van der Waals surface area contributed by atoms with Gasteiger partial charge in [0.05, 0.1) is 5.57 Å². The number of esters is 1. The molecule has 0 amide bonds. The summed E-state index contributed by atoms with van der Waals surface area (Å²) in [5.41, 5.74) is -0.0319. The van der Waals surface area contributed by atoms with E-state index < -0.39 is 30.6 Å². The van der Waals surface area contributed by atoms with Crippen LogP contribution in [0.1, 0.15) is 11.1 Å². The number of carbonyl (C=O) groups excluding carboxylic acids is 1. The fourth-order valence-corrected chi connectivity index (χ4v) is 2.31. The fraction of sp³-hybridized carbons (Fsp3) is 0.308. The van der Waals surface area contributed by atoms with E-state index in [9.17, 15) is 18.0 Å². The number of hydrogen-bond acceptors (Lipinski definition) is 5. The third-order valence-electron chi connectivity index (χ3n) is 2.89. The van der Waals surface area contributed by atoms with Crippen molar-refractivity contribution < 1.29 is 32.3 Å². The Labute approximate surface area is 128 Å². The number of ether oxygens (including phenoxy) is 2. The number of halogens is 4. The van der Waals surface area contributed by atoms with Gasteiger partial charge in [-0.15, -0.1) is 0 Å². The van der Waals surface area contributed by atoms with Crippen molar-refractivity contribution in [3.05, 3.63) is 33.9 Å². The van der Waals surface area contributed by atoms with Gasteiger partial charge in [-0.1, -0.05) is 11.6 Å². The van der Waals surface area contributed by atoms with Crippen LogP contribution in [0, 0.1) is 6.92 Å². The molecule has 1 atom stereocenters. The van der Waals surface area contributed by atoms with Crippen molar-refractivity contribution in [3.8, 4) is 5.75 Å². The number of hydrogen-bond donors (Lipinski definition) is 1. The van der Waals surface area contributed by atoms with E-state index in [1.54, 1.807) is 6.92 Å². The zero-order valence-corrected chi connectivity index (χ0v) is 12.0. The molecule has 0 aliphatic carbocycles. The van der Waals surface area contributed by atoms with Gasteiger partial charge in [0, 0.05) is 10.6 Å². The van der Waals surface area contributed by atoms with Crippen LogP contribution in [0.15, 0.2) is 17.7 Å². The van der Waals surface area contributed by atoms with Crippen LogP contribution in [0.5, 0.6) is 5.75 Å².